The summed E-state index contributed by atoms with van der Waals surface area (Å²) in [6.07, 6.45) is 0. The number of hydrogen-bond donors (Lipinski definition) is 2. The molecule has 0 aliphatic heterocycles. The van der Waals surface area contributed by atoms with Crippen LogP contribution in [0.2, 0.25) is 10.0 Å². The lowest BCUT2D eigenvalue weighted by molar-refractivity contribution is -0.114. The van der Waals surface area contributed by atoms with Crippen molar-refractivity contribution in [3.8, 4) is 17.3 Å². The smallest absolute Gasteiger partial charge is 0.234 e. The second kappa shape index (κ2) is 13.3. The topological polar surface area (TPSA) is 108 Å². The Balaban J connectivity index is 1.52. The van der Waals surface area contributed by atoms with Crippen molar-refractivity contribution in [1.29, 1.82) is 5.26 Å². The Morgan fingerprint density at radius 2 is 1.29 bits per heavy atom. The second-order valence-electron chi connectivity index (χ2n) is 7.70. The Bertz CT molecular complexity index is 1480. The first kappa shape index (κ1) is 27.5. The molecule has 0 unspecified atom stereocenters. The molecule has 0 fully saturated rings. The molecule has 1 heterocycles. The van der Waals surface area contributed by atoms with E-state index in [2.05, 4.69) is 26.7 Å². The molecule has 4 rings (SSSR count). The van der Waals surface area contributed by atoms with E-state index in [0.717, 1.165) is 29.1 Å². The van der Waals surface area contributed by atoms with Gasteiger partial charge >= 0.3 is 0 Å². The molecule has 2 amide bonds. The minimum absolute atomic E-state index is 0.0176. The van der Waals surface area contributed by atoms with E-state index in [0.29, 0.717) is 37.3 Å². The Morgan fingerprint density at radius 3 is 1.82 bits per heavy atom. The molecular formula is C27H19Cl2N5O2S2. The van der Waals surface area contributed by atoms with Gasteiger partial charge in [-0.15, -0.1) is 0 Å². The molecule has 190 valence electrons. The zero-order valence-electron chi connectivity index (χ0n) is 19.7. The summed E-state index contributed by atoms with van der Waals surface area (Å²) < 4.78 is 0. The van der Waals surface area contributed by atoms with Crippen molar-refractivity contribution >= 4 is 69.9 Å². The number of nitriles is 1. The van der Waals surface area contributed by atoms with Crippen LogP contribution in [0.15, 0.2) is 89.0 Å². The summed E-state index contributed by atoms with van der Waals surface area (Å²) >= 11 is 14.1. The Hall–Kier alpha value is -3.55. The highest BCUT2D eigenvalue weighted by Gasteiger charge is 2.19. The summed E-state index contributed by atoms with van der Waals surface area (Å²) in [5, 5.41) is 17.3. The number of hydrogen-bond acceptors (Lipinski definition) is 7. The molecule has 0 aliphatic rings. The van der Waals surface area contributed by atoms with Crippen molar-refractivity contribution in [2.24, 2.45) is 0 Å². The highest BCUT2D eigenvalue weighted by Crippen LogP contribution is 2.31. The summed E-state index contributed by atoms with van der Waals surface area (Å²) in [5.74, 6) is -0.450. The Kier molecular flexibility index (Phi) is 9.62. The quantitative estimate of drug-likeness (QED) is 0.128. The molecule has 0 spiro atoms. The van der Waals surface area contributed by atoms with Gasteiger partial charge in [0.2, 0.25) is 11.8 Å². The van der Waals surface area contributed by atoms with Gasteiger partial charge in [0, 0.05) is 27.0 Å². The number of carbonyl (C=O) groups is 2. The van der Waals surface area contributed by atoms with Gasteiger partial charge in [-0.2, -0.15) is 5.26 Å². The summed E-state index contributed by atoms with van der Waals surface area (Å²) in [6.45, 7) is 0. The molecule has 0 radical (unpaired) electrons. The molecule has 7 nitrogen and oxygen atoms in total. The van der Waals surface area contributed by atoms with Crippen LogP contribution < -0.4 is 10.6 Å². The van der Waals surface area contributed by atoms with Crippen LogP contribution in [0.4, 0.5) is 11.4 Å². The molecule has 38 heavy (non-hydrogen) atoms. The number of nitrogens with one attached hydrogen (secondary N) is 2. The molecule has 0 saturated carbocycles. The molecule has 4 aromatic rings. The van der Waals surface area contributed by atoms with E-state index < -0.39 is 0 Å². The van der Waals surface area contributed by atoms with E-state index in [9.17, 15) is 14.9 Å². The monoisotopic (exact) mass is 579 g/mol. The maximum Gasteiger partial charge on any atom is 0.234 e. The van der Waals surface area contributed by atoms with Gasteiger partial charge in [0.15, 0.2) is 5.16 Å². The highest BCUT2D eigenvalue weighted by molar-refractivity contribution is 8.00. The van der Waals surface area contributed by atoms with Crippen LogP contribution in [-0.4, -0.2) is 33.3 Å². The van der Waals surface area contributed by atoms with E-state index in [1.807, 2.05) is 30.3 Å². The highest BCUT2D eigenvalue weighted by atomic mass is 35.5. The van der Waals surface area contributed by atoms with Crippen molar-refractivity contribution in [2.75, 3.05) is 22.1 Å². The molecule has 3 aromatic carbocycles. The van der Waals surface area contributed by atoms with Gasteiger partial charge < -0.3 is 10.6 Å². The fourth-order valence-electron chi connectivity index (χ4n) is 3.22. The van der Waals surface area contributed by atoms with Gasteiger partial charge in [-0.25, -0.2) is 9.97 Å². The normalized spacial score (nSPS) is 10.4. The van der Waals surface area contributed by atoms with Crippen LogP contribution in [-0.2, 0) is 9.59 Å². The second-order valence-corrected chi connectivity index (χ2v) is 10.5. The first-order valence-corrected chi connectivity index (χ1v) is 13.9. The molecule has 0 bridgehead atoms. The minimum atomic E-state index is -0.266. The number of rotatable bonds is 9. The number of anilines is 2. The Labute approximate surface area is 238 Å². The number of thioether (sulfide) groups is 2. The third-order valence-electron chi connectivity index (χ3n) is 4.94. The summed E-state index contributed by atoms with van der Waals surface area (Å²) in [4.78, 5) is 34.1. The summed E-state index contributed by atoms with van der Waals surface area (Å²) in [5.41, 5.74) is 2.65. The van der Waals surface area contributed by atoms with Crippen LogP contribution in [0.1, 0.15) is 5.56 Å². The van der Waals surface area contributed by atoms with Gasteiger partial charge in [0.05, 0.1) is 17.2 Å². The Morgan fingerprint density at radius 1 is 0.763 bits per heavy atom. The maximum absolute atomic E-state index is 12.6. The largest absolute Gasteiger partial charge is 0.325 e. The van der Waals surface area contributed by atoms with Crippen LogP contribution in [0.25, 0.3) is 11.3 Å². The van der Waals surface area contributed by atoms with Crippen molar-refractivity contribution < 1.29 is 9.59 Å². The standard InChI is InChI=1S/C27H19Cl2N5O2S2/c28-18-6-10-20(11-7-18)31-23(35)15-37-26-22(14-30)25(17-4-2-1-3-5-17)33-27(34-26)38-16-24(36)32-21-12-8-19(29)9-13-21/h1-13H,15-16H2,(H,31,35)(H,32,36). The zero-order valence-corrected chi connectivity index (χ0v) is 22.8. The van der Waals surface area contributed by atoms with Gasteiger partial charge in [-0.3, -0.25) is 9.59 Å². The lowest BCUT2D eigenvalue weighted by Crippen LogP contribution is -2.15. The van der Waals surface area contributed by atoms with Crippen LogP contribution in [0.5, 0.6) is 0 Å². The fraction of sp³-hybridized carbons (Fsp3) is 0.0741. The van der Waals surface area contributed by atoms with Crippen molar-refractivity contribution in [3.05, 3.63) is 94.5 Å². The maximum atomic E-state index is 12.6. The predicted octanol–water partition coefficient (Wildman–Crippen LogP) is 6.78. The molecule has 1 aromatic heterocycles. The third-order valence-corrected chi connectivity index (χ3v) is 7.27. The van der Waals surface area contributed by atoms with Gasteiger partial charge in [0.1, 0.15) is 16.7 Å². The first-order valence-electron chi connectivity index (χ1n) is 11.2. The van der Waals surface area contributed by atoms with Crippen molar-refractivity contribution in [2.45, 2.75) is 10.2 Å². The number of halogens is 2. The van der Waals surface area contributed by atoms with Gasteiger partial charge in [0.25, 0.3) is 0 Å². The van der Waals surface area contributed by atoms with E-state index in [1.165, 1.54) is 0 Å². The first-order chi connectivity index (χ1) is 18.4. The SMILES string of the molecule is N#Cc1c(SCC(=O)Nc2ccc(Cl)cc2)nc(SCC(=O)Nc2ccc(Cl)cc2)nc1-c1ccccc1. The van der Waals surface area contributed by atoms with E-state index in [-0.39, 0.29) is 28.9 Å². The molecule has 0 atom stereocenters. The molecule has 11 heteroatoms. The summed E-state index contributed by atoms with van der Waals surface area (Å²) in [6, 6.07) is 25.0. The van der Waals surface area contributed by atoms with Gasteiger partial charge in [-0.1, -0.05) is 77.1 Å². The number of aromatic nitrogens is 2. The zero-order chi connectivity index (χ0) is 26.9. The fourth-order valence-corrected chi connectivity index (χ4v) is 4.95. The lowest BCUT2D eigenvalue weighted by atomic mass is 10.1. The van der Waals surface area contributed by atoms with Crippen LogP contribution >= 0.6 is 46.7 Å². The van der Waals surface area contributed by atoms with E-state index in [1.54, 1.807) is 48.5 Å². The van der Waals surface area contributed by atoms with Crippen LogP contribution in [0, 0.1) is 11.3 Å². The predicted molar refractivity (Wildman–Crippen MR) is 154 cm³/mol. The lowest BCUT2D eigenvalue weighted by Gasteiger charge is -2.11. The number of benzene rings is 3. The minimum Gasteiger partial charge on any atom is -0.325 e. The van der Waals surface area contributed by atoms with Crippen molar-refractivity contribution in [3.63, 3.8) is 0 Å². The van der Waals surface area contributed by atoms with Crippen molar-refractivity contribution in [1.82, 2.24) is 9.97 Å². The molecule has 0 saturated heterocycles. The molecule has 2 N–H and O–H groups in total. The number of carbonyl (C=O) groups excluding carboxylic acids is 2. The van der Waals surface area contributed by atoms with E-state index in [4.69, 9.17) is 23.2 Å². The third kappa shape index (κ3) is 7.73. The molecular weight excluding hydrogens is 561 g/mol. The number of amides is 2. The van der Waals surface area contributed by atoms with Gasteiger partial charge in [-0.05, 0) is 48.5 Å². The van der Waals surface area contributed by atoms with Crippen LogP contribution in [0.3, 0.4) is 0 Å². The summed E-state index contributed by atoms with van der Waals surface area (Å²) in [7, 11) is 0. The average molecular weight is 581 g/mol. The number of nitrogens with zero attached hydrogens (tertiary/aromatic N) is 3. The molecule has 0 aliphatic carbocycles. The van der Waals surface area contributed by atoms with E-state index >= 15 is 0 Å². The average Bonchev–Trinajstić information content (AvgIpc) is 2.93.